The lowest BCUT2D eigenvalue weighted by Gasteiger charge is -2.15. The van der Waals surface area contributed by atoms with Gasteiger partial charge >= 0.3 is 0 Å². The molecule has 4 aromatic rings. The minimum atomic E-state index is -0.0270. The van der Waals surface area contributed by atoms with Crippen molar-refractivity contribution in [2.75, 3.05) is 13.7 Å². The second-order valence-corrected chi connectivity index (χ2v) is 8.90. The van der Waals surface area contributed by atoms with E-state index in [0.717, 1.165) is 48.4 Å². The fourth-order valence-electron chi connectivity index (χ4n) is 4.47. The number of hydrogen-bond donors (Lipinski definition) is 1. The molecule has 0 saturated carbocycles. The molecule has 4 heteroatoms. The topological polar surface area (TPSA) is 43.3 Å². The van der Waals surface area contributed by atoms with Crippen LogP contribution in [0.3, 0.4) is 0 Å². The van der Waals surface area contributed by atoms with Gasteiger partial charge in [-0.15, -0.1) is 0 Å². The lowest BCUT2D eigenvalue weighted by atomic mass is 10.1. The first kappa shape index (κ1) is 24.3. The molecule has 0 aliphatic heterocycles. The first-order valence-corrected chi connectivity index (χ1v) is 12.4. The summed E-state index contributed by atoms with van der Waals surface area (Å²) in [6.45, 7) is 3.44. The molecule has 0 saturated heterocycles. The lowest BCUT2D eigenvalue weighted by Crippen LogP contribution is -2.25. The number of amides is 1. The molecule has 0 aliphatic carbocycles. The largest absolute Gasteiger partial charge is 0.497 e. The van der Waals surface area contributed by atoms with Gasteiger partial charge in [0.15, 0.2) is 0 Å². The summed E-state index contributed by atoms with van der Waals surface area (Å²) >= 11 is 0. The second-order valence-electron chi connectivity index (χ2n) is 8.90. The van der Waals surface area contributed by atoms with Crippen molar-refractivity contribution in [1.29, 1.82) is 0 Å². The Balaban J connectivity index is 1.47. The van der Waals surface area contributed by atoms with E-state index in [1.807, 2.05) is 54.6 Å². The third-order valence-electron chi connectivity index (χ3n) is 6.35. The van der Waals surface area contributed by atoms with Crippen LogP contribution < -0.4 is 10.1 Å². The minimum absolute atomic E-state index is 0.0270. The van der Waals surface area contributed by atoms with E-state index in [0.29, 0.717) is 18.7 Å². The predicted molar refractivity (Wildman–Crippen MR) is 143 cm³/mol. The number of benzene rings is 3. The lowest BCUT2D eigenvalue weighted by molar-refractivity contribution is 0.0953. The van der Waals surface area contributed by atoms with Crippen molar-refractivity contribution in [3.05, 3.63) is 113 Å². The van der Waals surface area contributed by atoms with Gasteiger partial charge in [-0.2, -0.15) is 0 Å². The van der Waals surface area contributed by atoms with Crippen LogP contribution in [-0.2, 0) is 13.0 Å². The summed E-state index contributed by atoms with van der Waals surface area (Å²) in [5.74, 6) is 0.748. The maximum absolute atomic E-state index is 13.3. The number of nitrogens with one attached hydrogen (secondary N) is 1. The van der Waals surface area contributed by atoms with Crippen LogP contribution in [0.4, 0.5) is 0 Å². The number of hydrogen-bond acceptors (Lipinski definition) is 2. The molecule has 35 heavy (non-hydrogen) atoms. The van der Waals surface area contributed by atoms with Gasteiger partial charge in [0.25, 0.3) is 5.91 Å². The van der Waals surface area contributed by atoms with E-state index in [1.54, 1.807) is 7.11 Å². The molecular formula is C31H34N2O2. The molecule has 0 aliphatic rings. The van der Waals surface area contributed by atoms with Crippen LogP contribution in [0.5, 0.6) is 5.75 Å². The van der Waals surface area contributed by atoms with Crippen LogP contribution in [-0.4, -0.2) is 24.1 Å². The van der Waals surface area contributed by atoms with Crippen molar-refractivity contribution in [2.24, 2.45) is 0 Å². The second kappa shape index (κ2) is 12.1. The Morgan fingerprint density at radius 1 is 0.829 bits per heavy atom. The molecule has 0 fully saturated rings. The Morgan fingerprint density at radius 3 is 2.26 bits per heavy atom. The minimum Gasteiger partial charge on any atom is -0.497 e. The summed E-state index contributed by atoms with van der Waals surface area (Å²) in [5.41, 5.74) is 6.22. The number of carbonyl (C=O) groups excluding carboxylic acids is 1. The average Bonchev–Trinajstić information content (AvgIpc) is 3.23. The highest BCUT2D eigenvalue weighted by atomic mass is 16.5. The predicted octanol–water partition coefficient (Wildman–Crippen LogP) is 6.66. The van der Waals surface area contributed by atoms with Gasteiger partial charge in [-0.05, 0) is 55.5 Å². The highest BCUT2D eigenvalue weighted by Crippen LogP contribution is 2.31. The van der Waals surface area contributed by atoms with Crippen molar-refractivity contribution < 1.29 is 9.53 Å². The van der Waals surface area contributed by atoms with E-state index in [2.05, 4.69) is 53.2 Å². The maximum Gasteiger partial charge on any atom is 0.253 e. The Labute approximate surface area is 208 Å². The Bertz CT molecular complexity index is 1230. The van der Waals surface area contributed by atoms with E-state index in [9.17, 15) is 4.79 Å². The zero-order chi connectivity index (χ0) is 24.5. The molecule has 0 spiro atoms. The molecule has 1 amide bonds. The Hall–Kier alpha value is -3.79. The third-order valence-corrected chi connectivity index (χ3v) is 6.35. The zero-order valence-electron chi connectivity index (χ0n) is 20.7. The van der Waals surface area contributed by atoms with Gasteiger partial charge in [0.05, 0.1) is 18.4 Å². The maximum atomic E-state index is 13.3. The van der Waals surface area contributed by atoms with Crippen LogP contribution in [0.2, 0.25) is 0 Å². The van der Waals surface area contributed by atoms with Gasteiger partial charge in [-0.1, -0.05) is 79.2 Å². The molecule has 1 aromatic heterocycles. The molecule has 4 nitrogen and oxygen atoms in total. The SMILES string of the molecule is COc1cccc(-c2c(C(=O)NCCCCCc3ccccc3)cc(C)n2Cc2ccccc2)c1. The summed E-state index contributed by atoms with van der Waals surface area (Å²) in [4.78, 5) is 13.3. The molecule has 180 valence electrons. The summed E-state index contributed by atoms with van der Waals surface area (Å²) in [5, 5.41) is 3.16. The Kier molecular flexibility index (Phi) is 8.39. The highest BCUT2D eigenvalue weighted by Gasteiger charge is 2.20. The van der Waals surface area contributed by atoms with Crippen LogP contribution in [0.15, 0.2) is 91.0 Å². The summed E-state index contributed by atoms with van der Waals surface area (Å²) in [6, 6.07) is 30.8. The van der Waals surface area contributed by atoms with Gasteiger partial charge in [0, 0.05) is 24.3 Å². The first-order chi connectivity index (χ1) is 17.2. The molecule has 1 N–H and O–H groups in total. The quantitative estimate of drug-likeness (QED) is 0.251. The fraction of sp³-hybridized carbons (Fsp3) is 0.258. The number of unbranched alkanes of at least 4 members (excludes halogenated alkanes) is 2. The third kappa shape index (κ3) is 6.42. The van der Waals surface area contributed by atoms with Crippen LogP contribution in [0, 0.1) is 6.92 Å². The normalized spacial score (nSPS) is 10.8. The van der Waals surface area contributed by atoms with Crippen LogP contribution in [0.25, 0.3) is 11.3 Å². The monoisotopic (exact) mass is 466 g/mol. The van der Waals surface area contributed by atoms with E-state index in [1.165, 1.54) is 11.1 Å². The van der Waals surface area contributed by atoms with Crippen molar-refractivity contribution in [3.63, 3.8) is 0 Å². The number of carbonyl (C=O) groups is 1. The number of aryl methyl sites for hydroxylation is 2. The number of ether oxygens (including phenoxy) is 1. The fourth-order valence-corrected chi connectivity index (χ4v) is 4.47. The molecule has 4 rings (SSSR count). The molecule has 3 aromatic carbocycles. The van der Waals surface area contributed by atoms with Gasteiger partial charge in [0.2, 0.25) is 0 Å². The van der Waals surface area contributed by atoms with Crippen molar-refractivity contribution in [2.45, 2.75) is 39.2 Å². The zero-order valence-corrected chi connectivity index (χ0v) is 20.7. The van der Waals surface area contributed by atoms with Gasteiger partial charge in [-0.25, -0.2) is 0 Å². The van der Waals surface area contributed by atoms with Crippen molar-refractivity contribution >= 4 is 5.91 Å². The average molecular weight is 467 g/mol. The summed E-state index contributed by atoms with van der Waals surface area (Å²) in [7, 11) is 1.67. The molecule has 1 heterocycles. The highest BCUT2D eigenvalue weighted by molar-refractivity contribution is 6.00. The molecule has 0 atom stereocenters. The first-order valence-electron chi connectivity index (χ1n) is 12.4. The standard InChI is InChI=1S/C31H34N2O2/c1-24-21-29(31(34)32-20-11-5-10-15-25-13-6-3-7-14-25)30(27-18-12-19-28(22-27)35-2)33(24)23-26-16-8-4-9-17-26/h3-4,6-9,12-14,16-19,21-22H,5,10-11,15,20,23H2,1-2H3,(H,32,34). The number of nitrogens with zero attached hydrogens (tertiary/aromatic N) is 1. The molecule has 0 radical (unpaired) electrons. The molecule has 0 bridgehead atoms. The molecule has 0 unspecified atom stereocenters. The van der Waals surface area contributed by atoms with Crippen molar-refractivity contribution in [1.82, 2.24) is 9.88 Å². The van der Waals surface area contributed by atoms with Crippen LogP contribution in [0.1, 0.15) is 46.4 Å². The van der Waals surface area contributed by atoms with E-state index in [-0.39, 0.29) is 5.91 Å². The Morgan fingerprint density at radius 2 is 1.54 bits per heavy atom. The van der Waals surface area contributed by atoms with E-state index < -0.39 is 0 Å². The van der Waals surface area contributed by atoms with Crippen LogP contribution >= 0.6 is 0 Å². The number of aromatic nitrogens is 1. The number of methoxy groups -OCH3 is 1. The van der Waals surface area contributed by atoms with Crippen molar-refractivity contribution in [3.8, 4) is 17.0 Å². The number of rotatable bonds is 11. The van der Waals surface area contributed by atoms with E-state index in [4.69, 9.17) is 4.74 Å². The summed E-state index contributed by atoms with van der Waals surface area (Å²) in [6.07, 6.45) is 4.26. The molecular weight excluding hydrogens is 432 g/mol. The summed E-state index contributed by atoms with van der Waals surface area (Å²) < 4.78 is 7.69. The van der Waals surface area contributed by atoms with Gasteiger partial charge in [0.1, 0.15) is 5.75 Å². The van der Waals surface area contributed by atoms with Gasteiger partial charge in [-0.3, -0.25) is 4.79 Å². The van der Waals surface area contributed by atoms with E-state index >= 15 is 0 Å². The van der Waals surface area contributed by atoms with Gasteiger partial charge < -0.3 is 14.6 Å². The smallest absolute Gasteiger partial charge is 0.253 e.